The molecule has 1 fully saturated rings. The second kappa shape index (κ2) is 2.95. The van der Waals surface area contributed by atoms with Gasteiger partial charge in [-0.3, -0.25) is 0 Å². The average Bonchev–Trinajstić information content (AvgIpc) is 1.54. The lowest BCUT2D eigenvalue weighted by atomic mass is 10.2. The summed E-state index contributed by atoms with van der Waals surface area (Å²) >= 11 is 2.36. The number of ether oxygens (including phenoxy) is 1. The molecule has 0 bridgehead atoms. The molecule has 0 aromatic carbocycles. The van der Waals surface area contributed by atoms with Gasteiger partial charge in [-0.25, -0.2) is 0 Å². The van der Waals surface area contributed by atoms with Gasteiger partial charge in [0.1, 0.15) is 3.61 Å². The molecular weight excluding hydrogens is 241 g/mol. The fourth-order valence-electron chi connectivity index (χ4n) is 1.48. The maximum Gasteiger partial charge on any atom is 0.129 e. The lowest BCUT2D eigenvalue weighted by Gasteiger charge is -2.38. The van der Waals surface area contributed by atoms with E-state index in [1.807, 2.05) is 0 Å². The number of hydrogen-bond acceptors (Lipinski definition) is 2. The van der Waals surface area contributed by atoms with Crippen LogP contribution in [-0.2, 0) is 4.74 Å². The first-order chi connectivity index (χ1) is 4.49. The number of halogens is 1. The monoisotopic (exact) mass is 255 g/mol. The highest BCUT2D eigenvalue weighted by atomic mass is 127. The van der Waals surface area contributed by atoms with E-state index in [0.29, 0.717) is 6.10 Å². The van der Waals surface area contributed by atoms with E-state index in [4.69, 9.17) is 4.74 Å². The Hall–Kier alpha value is 0.650. The summed E-state index contributed by atoms with van der Waals surface area (Å²) in [6.45, 7) is 6.32. The minimum absolute atomic E-state index is 0.0180. The van der Waals surface area contributed by atoms with Crippen molar-refractivity contribution in [2.24, 2.45) is 0 Å². The smallest absolute Gasteiger partial charge is 0.129 e. The third-order valence-corrected chi connectivity index (χ3v) is 2.16. The van der Waals surface area contributed by atoms with Crippen molar-refractivity contribution >= 4 is 22.6 Å². The summed E-state index contributed by atoms with van der Waals surface area (Å²) in [5.41, 5.74) is 0. The summed E-state index contributed by atoms with van der Waals surface area (Å²) in [5, 5.41) is 0. The molecule has 0 radical (unpaired) electrons. The van der Waals surface area contributed by atoms with Crippen molar-refractivity contribution in [1.82, 2.24) is 4.90 Å². The number of hydrogen-bond donors (Lipinski definition) is 0. The minimum Gasteiger partial charge on any atom is -0.359 e. The van der Waals surface area contributed by atoms with Gasteiger partial charge in [-0.2, -0.15) is 0 Å². The Bertz CT molecular complexity index is 115. The maximum absolute atomic E-state index is 5.69. The van der Waals surface area contributed by atoms with Gasteiger partial charge >= 0.3 is 0 Å². The molecule has 10 heavy (non-hydrogen) atoms. The van der Waals surface area contributed by atoms with E-state index in [1.54, 1.807) is 0 Å². The number of nitrogens with zero attached hydrogens (tertiary/aromatic N) is 1. The molecule has 2 atom stereocenters. The first kappa shape index (κ1) is 8.74. The van der Waals surface area contributed by atoms with Crippen LogP contribution in [-0.4, -0.2) is 34.7 Å². The normalized spacial score (nSPS) is 43.8. The summed E-state index contributed by atoms with van der Waals surface area (Å²) in [6, 6.07) is 0. The van der Waals surface area contributed by atoms with Gasteiger partial charge in [-0.1, -0.05) is 0 Å². The maximum atomic E-state index is 5.69. The van der Waals surface area contributed by atoms with Crippen LogP contribution in [0.5, 0.6) is 0 Å². The number of alkyl halides is 1. The van der Waals surface area contributed by atoms with Gasteiger partial charge in [0.2, 0.25) is 0 Å². The second-order valence-corrected chi connectivity index (χ2v) is 5.51. The van der Waals surface area contributed by atoms with Crippen LogP contribution in [0.1, 0.15) is 13.8 Å². The summed E-state index contributed by atoms with van der Waals surface area (Å²) < 4.78 is 5.71. The molecular formula is C7H14INO. The van der Waals surface area contributed by atoms with Crippen LogP contribution in [0.4, 0.5) is 0 Å². The number of likely N-dealkylation sites (N-methyl/N-ethyl adjacent to an activating group) is 1. The third-order valence-electron chi connectivity index (χ3n) is 1.57. The van der Waals surface area contributed by atoms with Gasteiger partial charge in [0.05, 0.1) is 6.10 Å². The van der Waals surface area contributed by atoms with Gasteiger partial charge in [0.15, 0.2) is 0 Å². The van der Waals surface area contributed by atoms with E-state index in [-0.39, 0.29) is 3.61 Å². The van der Waals surface area contributed by atoms with Crippen LogP contribution in [0.15, 0.2) is 0 Å². The summed E-state index contributed by atoms with van der Waals surface area (Å²) in [6.07, 6.45) is 0.376. The van der Waals surface area contributed by atoms with Crippen molar-refractivity contribution in [2.75, 3.05) is 20.1 Å². The largest absolute Gasteiger partial charge is 0.359 e. The van der Waals surface area contributed by atoms with Crippen molar-refractivity contribution in [3.8, 4) is 0 Å². The highest BCUT2D eigenvalue weighted by Gasteiger charge is 2.30. The van der Waals surface area contributed by atoms with Crippen LogP contribution >= 0.6 is 22.6 Å². The SMILES string of the molecule is C[C@H]1CN(C)C[C@](C)(I)O1. The van der Waals surface area contributed by atoms with E-state index in [0.717, 1.165) is 13.1 Å². The molecule has 1 aliphatic rings. The van der Waals surface area contributed by atoms with Crippen molar-refractivity contribution in [3.05, 3.63) is 0 Å². The summed E-state index contributed by atoms with van der Waals surface area (Å²) in [5.74, 6) is 0. The molecule has 0 spiro atoms. The Morgan fingerprint density at radius 3 is 2.70 bits per heavy atom. The molecule has 1 saturated heterocycles. The Labute approximate surface area is 76.1 Å². The molecule has 0 aromatic rings. The first-order valence-electron chi connectivity index (χ1n) is 3.55. The fourth-order valence-corrected chi connectivity index (χ4v) is 2.50. The summed E-state index contributed by atoms with van der Waals surface area (Å²) in [4.78, 5) is 2.31. The molecule has 60 valence electrons. The van der Waals surface area contributed by atoms with Crippen LogP contribution in [0, 0.1) is 0 Å². The van der Waals surface area contributed by atoms with E-state index in [9.17, 15) is 0 Å². The van der Waals surface area contributed by atoms with E-state index >= 15 is 0 Å². The van der Waals surface area contributed by atoms with E-state index in [2.05, 4.69) is 48.4 Å². The molecule has 3 heteroatoms. The third kappa shape index (κ3) is 2.36. The first-order valence-corrected chi connectivity index (χ1v) is 4.63. The molecule has 0 aromatic heterocycles. The topological polar surface area (TPSA) is 12.5 Å². The Kier molecular flexibility index (Phi) is 2.58. The van der Waals surface area contributed by atoms with Crippen LogP contribution < -0.4 is 0 Å². The van der Waals surface area contributed by atoms with Crippen LogP contribution in [0.2, 0.25) is 0 Å². The number of rotatable bonds is 0. The molecule has 0 amide bonds. The molecule has 0 saturated carbocycles. The van der Waals surface area contributed by atoms with Crippen molar-refractivity contribution in [1.29, 1.82) is 0 Å². The second-order valence-electron chi connectivity index (χ2n) is 3.23. The van der Waals surface area contributed by atoms with Crippen molar-refractivity contribution < 1.29 is 4.74 Å². The molecule has 0 N–H and O–H groups in total. The molecule has 1 aliphatic heterocycles. The van der Waals surface area contributed by atoms with Crippen molar-refractivity contribution in [3.63, 3.8) is 0 Å². The lowest BCUT2D eigenvalue weighted by Crippen LogP contribution is -2.48. The zero-order chi connectivity index (χ0) is 7.78. The average molecular weight is 255 g/mol. The van der Waals surface area contributed by atoms with Crippen LogP contribution in [0.25, 0.3) is 0 Å². The molecule has 0 unspecified atom stereocenters. The number of morpholine rings is 1. The van der Waals surface area contributed by atoms with Gasteiger partial charge < -0.3 is 9.64 Å². The zero-order valence-electron chi connectivity index (χ0n) is 6.72. The lowest BCUT2D eigenvalue weighted by molar-refractivity contribution is -0.0705. The van der Waals surface area contributed by atoms with Crippen molar-refractivity contribution in [2.45, 2.75) is 23.6 Å². The molecule has 1 rings (SSSR count). The Morgan fingerprint density at radius 1 is 1.70 bits per heavy atom. The summed E-state index contributed by atoms with van der Waals surface area (Å²) in [7, 11) is 2.13. The molecule has 0 aliphatic carbocycles. The van der Waals surface area contributed by atoms with Crippen LogP contribution in [0.3, 0.4) is 0 Å². The molecule has 1 heterocycles. The fraction of sp³-hybridized carbons (Fsp3) is 1.00. The van der Waals surface area contributed by atoms with E-state index in [1.165, 1.54) is 0 Å². The predicted molar refractivity (Wildman–Crippen MR) is 50.5 cm³/mol. The quantitative estimate of drug-likeness (QED) is 0.480. The van der Waals surface area contributed by atoms with Gasteiger partial charge in [-0.05, 0) is 43.5 Å². The van der Waals surface area contributed by atoms with Gasteiger partial charge in [-0.15, -0.1) is 0 Å². The Morgan fingerprint density at radius 2 is 2.30 bits per heavy atom. The van der Waals surface area contributed by atoms with Gasteiger partial charge in [0, 0.05) is 13.1 Å². The standard InChI is InChI=1S/C7H14INO/c1-6-4-9(3)5-7(2,8)10-6/h6H,4-5H2,1-3H3/t6-,7+/m0/s1. The predicted octanol–water partition coefficient (Wildman–Crippen LogP) is 1.49. The van der Waals surface area contributed by atoms with Gasteiger partial charge in [0.25, 0.3) is 0 Å². The highest BCUT2D eigenvalue weighted by Crippen LogP contribution is 2.26. The Balaban J connectivity index is 2.51. The van der Waals surface area contributed by atoms with E-state index < -0.39 is 0 Å². The molecule has 2 nitrogen and oxygen atoms in total. The minimum atomic E-state index is 0.0180. The highest BCUT2D eigenvalue weighted by molar-refractivity contribution is 14.1. The zero-order valence-corrected chi connectivity index (χ0v) is 8.88.